The molecule has 0 radical (unpaired) electrons. The van der Waals surface area contributed by atoms with Crippen LogP contribution in [0.1, 0.15) is 11.1 Å². The minimum absolute atomic E-state index is 0.205. The highest BCUT2D eigenvalue weighted by molar-refractivity contribution is 8.02. The monoisotopic (exact) mass is 298 g/mol. The van der Waals surface area contributed by atoms with Crippen molar-refractivity contribution in [3.8, 4) is 11.5 Å². The minimum Gasteiger partial charge on any atom is -0.455 e. The van der Waals surface area contributed by atoms with Gasteiger partial charge in [0.15, 0.2) is 5.75 Å². The Morgan fingerprint density at radius 2 is 2.14 bits per heavy atom. The summed E-state index contributed by atoms with van der Waals surface area (Å²) < 4.78 is 5.96. The van der Waals surface area contributed by atoms with Crippen molar-refractivity contribution in [2.75, 3.05) is 5.73 Å². The van der Waals surface area contributed by atoms with Crippen molar-refractivity contribution in [3.05, 3.63) is 59.3 Å². The molecule has 2 aliphatic heterocycles. The van der Waals surface area contributed by atoms with Gasteiger partial charge in [0.05, 0.1) is 11.7 Å². The van der Waals surface area contributed by atoms with Crippen molar-refractivity contribution in [3.63, 3.8) is 0 Å². The number of rotatable bonds is 0. The molecular weight excluding hydrogens is 284 g/mol. The number of nitrogens with one attached hydrogen (secondary N) is 1. The first kappa shape index (κ1) is 12.7. The van der Waals surface area contributed by atoms with E-state index in [-0.39, 0.29) is 5.50 Å². The molecule has 0 bridgehead atoms. The molecule has 5 N–H and O–H groups in total. The maximum Gasteiger partial charge on any atom is 0.151 e. The highest BCUT2D eigenvalue weighted by Crippen LogP contribution is 2.49. The SMILES string of the molecule is Nc1ccc2c(c1)C1(C=CSC(N)N1)c1ccncc1O2. The smallest absolute Gasteiger partial charge is 0.151 e. The van der Waals surface area contributed by atoms with Crippen LogP contribution in [0.4, 0.5) is 5.69 Å². The van der Waals surface area contributed by atoms with E-state index in [1.165, 1.54) is 11.8 Å². The zero-order valence-electron chi connectivity index (χ0n) is 11.1. The van der Waals surface area contributed by atoms with Gasteiger partial charge < -0.3 is 16.2 Å². The molecule has 5 nitrogen and oxygen atoms in total. The van der Waals surface area contributed by atoms with Gasteiger partial charge in [0.1, 0.15) is 11.2 Å². The highest BCUT2D eigenvalue weighted by atomic mass is 32.2. The van der Waals surface area contributed by atoms with Crippen LogP contribution in [0.15, 0.2) is 48.1 Å². The highest BCUT2D eigenvalue weighted by Gasteiger charge is 2.42. The molecule has 1 aromatic heterocycles. The number of hydrogen-bond acceptors (Lipinski definition) is 6. The molecule has 0 saturated carbocycles. The predicted octanol–water partition coefficient (Wildman–Crippen LogP) is 2.11. The number of aromatic nitrogens is 1. The molecule has 3 heterocycles. The zero-order chi connectivity index (χ0) is 14.4. The number of thioether (sulfide) groups is 1. The van der Waals surface area contributed by atoms with E-state index in [4.69, 9.17) is 16.2 Å². The summed E-state index contributed by atoms with van der Waals surface area (Å²) in [6, 6.07) is 7.58. The Morgan fingerprint density at radius 1 is 1.24 bits per heavy atom. The van der Waals surface area contributed by atoms with E-state index < -0.39 is 5.54 Å². The number of hydrogen-bond donors (Lipinski definition) is 3. The maximum absolute atomic E-state index is 6.11. The van der Waals surface area contributed by atoms with Crippen LogP contribution in [-0.2, 0) is 5.54 Å². The van der Waals surface area contributed by atoms with Gasteiger partial charge >= 0.3 is 0 Å². The number of nitrogen functional groups attached to an aromatic ring is 1. The van der Waals surface area contributed by atoms with Gasteiger partial charge in [-0.3, -0.25) is 10.3 Å². The average Bonchev–Trinajstić information content (AvgIpc) is 2.49. The summed E-state index contributed by atoms with van der Waals surface area (Å²) in [7, 11) is 0. The molecule has 4 rings (SSSR count). The van der Waals surface area contributed by atoms with Crippen molar-refractivity contribution in [2.24, 2.45) is 5.73 Å². The van der Waals surface area contributed by atoms with E-state index in [2.05, 4.69) is 16.4 Å². The van der Waals surface area contributed by atoms with Crippen LogP contribution in [0, 0.1) is 0 Å². The van der Waals surface area contributed by atoms with Crippen LogP contribution in [0.25, 0.3) is 0 Å². The molecule has 1 aromatic carbocycles. The van der Waals surface area contributed by atoms with Crippen LogP contribution >= 0.6 is 11.8 Å². The van der Waals surface area contributed by atoms with E-state index in [9.17, 15) is 0 Å². The van der Waals surface area contributed by atoms with Crippen molar-refractivity contribution in [2.45, 2.75) is 11.0 Å². The number of anilines is 1. The number of pyridine rings is 1. The minimum atomic E-state index is -0.536. The summed E-state index contributed by atoms with van der Waals surface area (Å²) >= 11 is 1.54. The molecule has 2 aliphatic rings. The van der Waals surface area contributed by atoms with Crippen LogP contribution in [0.2, 0.25) is 0 Å². The number of nitrogens with zero attached hydrogens (tertiary/aromatic N) is 1. The van der Waals surface area contributed by atoms with E-state index in [1.807, 2.05) is 29.7 Å². The summed E-state index contributed by atoms with van der Waals surface area (Å²) in [5.41, 5.74) is 14.0. The second-order valence-corrected chi connectivity index (χ2v) is 6.09. The van der Waals surface area contributed by atoms with Gasteiger partial charge in [-0.1, -0.05) is 11.8 Å². The summed E-state index contributed by atoms with van der Waals surface area (Å²) in [6.45, 7) is 0. The standard InChI is InChI=1S/C15H14N4OS/c16-9-1-2-12-11(7-9)15(4-6-21-14(17)19-15)10-3-5-18-8-13(10)20-12/h1-8,14,19H,16-17H2. The Balaban J connectivity index is 2.03. The van der Waals surface area contributed by atoms with Crippen molar-refractivity contribution < 1.29 is 4.74 Å². The third kappa shape index (κ3) is 1.84. The fourth-order valence-corrected chi connectivity index (χ4v) is 3.57. The van der Waals surface area contributed by atoms with Crippen LogP contribution in [0.5, 0.6) is 11.5 Å². The quantitative estimate of drug-likeness (QED) is 0.646. The van der Waals surface area contributed by atoms with Gasteiger partial charge in [0.2, 0.25) is 0 Å². The second kappa shape index (κ2) is 4.49. The topological polar surface area (TPSA) is 86.2 Å². The van der Waals surface area contributed by atoms with Crippen molar-refractivity contribution in [1.29, 1.82) is 0 Å². The number of ether oxygens (including phenoxy) is 1. The molecule has 0 amide bonds. The molecule has 21 heavy (non-hydrogen) atoms. The Hall–Kier alpha value is -2.02. The molecule has 2 atom stereocenters. The maximum atomic E-state index is 6.11. The predicted molar refractivity (Wildman–Crippen MR) is 83.8 cm³/mol. The summed E-state index contributed by atoms with van der Waals surface area (Å²) in [6.07, 6.45) is 5.57. The third-order valence-corrected chi connectivity index (χ3v) is 4.48. The van der Waals surface area contributed by atoms with E-state index in [1.54, 1.807) is 12.4 Å². The Morgan fingerprint density at radius 3 is 3.00 bits per heavy atom. The first-order chi connectivity index (χ1) is 10.2. The van der Waals surface area contributed by atoms with Gasteiger partial charge in [0.25, 0.3) is 0 Å². The summed E-state index contributed by atoms with van der Waals surface area (Å²) in [5, 5.41) is 5.48. The largest absolute Gasteiger partial charge is 0.455 e. The van der Waals surface area contributed by atoms with Crippen LogP contribution in [0.3, 0.4) is 0 Å². The Labute approximate surface area is 126 Å². The van der Waals surface area contributed by atoms with Crippen molar-refractivity contribution >= 4 is 17.4 Å². The van der Waals surface area contributed by atoms with Crippen LogP contribution < -0.4 is 21.5 Å². The van der Waals surface area contributed by atoms with Gasteiger partial charge in [-0.25, -0.2) is 0 Å². The second-order valence-electron chi connectivity index (χ2n) is 5.04. The first-order valence-electron chi connectivity index (χ1n) is 6.58. The molecular formula is C15H14N4OS. The first-order valence-corrected chi connectivity index (χ1v) is 7.52. The Bertz CT molecular complexity index is 748. The molecule has 0 fully saturated rings. The van der Waals surface area contributed by atoms with E-state index in [0.717, 1.165) is 22.6 Å². The van der Waals surface area contributed by atoms with Gasteiger partial charge in [-0.05, 0) is 35.7 Å². The Kier molecular flexibility index (Phi) is 2.72. The molecule has 1 spiro atoms. The normalized spacial score (nSPS) is 26.0. The van der Waals surface area contributed by atoms with E-state index in [0.29, 0.717) is 5.69 Å². The lowest BCUT2D eigenvalue weighted by Crippen LogP contribution is -2.52. The summed E-state index contributed by atoms with van der Waals surface area (Å²) in [5.74, 6) is 1.49. The lowest BCUT2D eigenvalue weighted by Gasteiger charge is -2.42. The fourth-order valence-electron chi connectivity index (χ4n) is 2.86. The van der Waals surface area contributed by atoms with E-state index >= 15 is 0 Å². The molecule has 2 aromatic rings. The molecule has 106 valence electrons. The van der Waals surface area contributed by atoms with Gasteiger partial charge in [0, 0.05) is 23.0 Å². The number of nitrogens with two attached hydrogens (primary N) is 2. The molecule has 0 aliphatic carbocycles. The lowest BCUT2D eigenvalue weighted by molar-refractivity contribution is 0.379. The molecule has 2 unspecified atom stereocenters. The van der Waals surface area contributed by atoms with Gasteiger partial charge in [-0.15, -0.1) is 0 Å². The molecule has 6 heteroatoms. The average molecular weight is 298 g/mol. The third-order valence-electron chi connectivity index (χ3n) is 3.77. The lowest BCUT2D eigenvalue weighted by atomic mass is 9.80. The van der Waals surface area contributed by atoms with Crippen LogP contribution in [-0.4, -0.2) is 10.5 Å². The van der Waals surface area contributed by atoms with Crippen molar-refractivity contribution in [1.82, 2.24) is 10.3 Å². The number of benzene rings is 1. The van der Waals surface area contributed by atoms with Gasteiger partial charge in [-0.2, -0.15) is 0 Å². The number of fused-ring (bicyclic) bond motifs is 4. The fraction of sp³-hybridized carbons (Fsp3) is 0.133. The molecule has 0 saturated heterocycles. The summed E-state index contributed by atoms with van der Waals surface area (Å²) in [4.78, 5) is 4.15. The zero-order valence-corrected chi connectivity index (χ0v) is 11.9.